The van der Waals surface area contributed by atoms with Crippen LogP contribution in [-0.4, -0.2) is 30.1 Å². The third kappa shape index (κ3) is 2.32. The van der Waals surface area contributed by atoms with Gasteiger partial charge in [-0.15, -0.1) is 0 Å². The van der Waals surface area contributed by atoms with Crippen LogP contribution < -0.4 is 5.73 Å². The van der Waals surface area contributed by atoms with E-state index in [4.69, 9.17) is 5.73 Å². The van der Waals surface area contributed by atoms with Crippen molar-refractivity contribution in [1.29, 1.82) is 0 Å². The number of aryl methyl sites for hydroxylation is 1. The first-order valence-electron chi connectivity index (χ1n) is 7.57. The monoisotopic (exact) mass is 258 g/mol. The molecule has 2 heteroatoms. The number of nitrogens with two attached hydrogens (primary N) is 1. The molecule has 1 aromatic rings. The molecule has 1 aliphatic heterocycles. The van der Waals surface area contributed by atoms with Crippen LogP contribution in [0.5, 0.6) is 0 Å². The first-order chi connectivity index (χ1) is 9.05. The maximum atomic E-state index is 6.22. The van der Waals surface area contributed by atoms with Crippen LogP contribution in [-0.2, 0) is 12.8 Å². The molecule has 1 saturated heterocycles. The van der Waals surface area contributed by atoms with Crippen LogP contribution in [0.4, 0.5) is 0 Å². The van der Waals surface area contributed by atoms with E-state index in [0.29, 0.717) is 5.41 Å². The molecule has 1 heterocycles. The zero-order valence-corrected chi connectivity index (χ0v) is 12.3. The lowest BCUT2D eigenvalue weighted by Crippen LogP contribution is -2.56. The molecule has 19 heavy (non-hydrogen) atoms. The zero-order valence-electron chi connectivity index (χ0n) is 12.3. The fraction of sp³-hybridized carbons (Fsp3) is 0.647. The highest BCUT2D eigenvalue weighted by Crippen LogP contribution is 2.39. The van der Waals surface area contributed by atoms with E-state index in [1.54, 1.807) is 0 Å². The van der Waals surface area contributed by atoms with E-state index in [0.717, 1.165) is 13.0 Å². The molecule has 0 spiro atoms. The number of likely N-dealkylation sites (tertiary alicyclic amines) is 1. The standard InChI is InChI=1S/C17H26N2/c1-16(2)9-10-19(13-16)17(12-18)8-7-14-5-3-4-6-15(14)11-17/h3-6H,7-13,18H2,1-2H3. The zero-order chi connectivity index (χ0) is 13.5. The first kappa shape index (κ1) is 13.1. The molecular formula is C17H26N2. The number of hydrogen-bond donors (Lipinski definition) is 1. The van der Waals surface area contributed by atoms with Crippen molar-refractivity contribution in [3.8, 4) is 0 Å². The Hall–Kier alpha value is -0.860. The largest absolute Gasteiger partial charge is 0.329 e. The summed E-state index contributed by atoms with van der Waals surface area (Å²) < 4.78 is 0. The number of hydrogen-bond acceptors (Lipinski definition) is 2. The predicted molar refractivity (Wildman–Crippen MR) is 80.2 cm³/mol. The predicted octanol–water partition coefficient (Wildman–Crippen LogP) is 2.60. The molecule has 1 fully saturated rings. The highest BCUT2D eigenvalue weighted by atomic mass is 15.2. The Kier molecular flexibility index (Phi) is 3.18. The van der Waals surface area contributed by atoms with Crippen LogP contribution in [0.25, 0.3) is 0 Å². The van der Waals surface area contributed by atoms with Crippen molar-refractivity contribution in [2.45, 2.75) is 45.1 Å². The summed E-state index contributed by atoms with van der Waals surface area (Å²) >= 11 is 0. The third-order valence-electron chi connectivity index (χ3n) is 5.23. The van der Waals surface area contributed by atoms with Gasteiger partial charge in [0.1, 0.15) is 0 Å². The van der Waals surface area contributed by atoms with Crippen LogP contribution in [0.1, 0.15) is 37.8 Å². The summed E-state index contributed by atoms with van der Waals surface area (Å²) in [6.07, 6.45) is 4.84. The van der Waals surface area contributed by atoms with E-state index in [9.17, 15) is 0 Å². The Labute approximate surface area is 117 Å². The van der Waals surface area contributed by atoms with Crippen molar-refractivity contribution in [1.82, 2.24) is 4.90 Å². The SMILES string of the molecule is CC1(C)CCN(C2(CN)CCc3ccccc3C2)C1. The van der Waals surface area contributed by atoms with Crippen molar-refractivity contribution in [2.24, 2.45) is 11.1 Å². The quantitative estimate of drug-likeness (QED) is 0.883. The average molecular weight is 258 g/mol. The highest BCUT2D eigenvalue weighted by Gasteiger charge is 2.43. The lowest BCUT2D eigenvalue weighted by atomic mass is 9.76. The molecular weight excluding hydrogens is 232 g/mol. The summed E-state index contributed by atoms with van der Waals surface area (Å²) in [6.45, 7) is 7.97. The van der Waals surface area contributed by atoms with Crippen LogP contribution in [0.15, 0.2) is 24.3 Å². The molecule has 0 amide bonds. The molecule has 0 radical (unpaired) electrons. The molecule has 0 saturated carbocycles. The van der Waals surface area contributed by atoms with Gasteiger partial charge in [0.25, 0.3) is 0 Å². The Morgan fingerprint density at radius 1 is 1.16 bits per heavy atom. The van der Waals surface area contributed by atoms with Gasteiger partial charge in [-0.2, -0.15) is 0 Å². The van der Waals surface area contributed by atoms with E-state index in [-0.39, 0.29) is 5.54 Å². The molecule has 2 aliphatic rings. The van der Waals surface area contributed by atoms with Crippen molar-refractivity contribution in [3.05, 3.63) is 35.4 Å². The molecule has 3 rings (SSSR count). The minimum atomic E-state index is 0.210. The minimum Gasteiger partial charge on any atom is -0.329 e. The molecule has 2 nitrogen and oxygen atoms in total. The summed E-state index contributed by atoms with van der Waals surface area (Å²) in [7, 11) is 0. The Bertz CT molecular complexity index is 466. The average Bonchev–Trinajstić information content (AvgIpc) is 2.79. The maximum Gasteiger partial charge on any atom is 0.0375 e. The van der Waals surface area contributed by atoms with Gasteiger partial charge in [-0.05, 0) is 48.8 Å². The van der Waals surface area contributed by atoms with E-state index in [2.05, 4.69) is 43.0 Å². The van der Waals surface area contributed by atoms with E-state index >= 15 is 0 Å². The fourth-order valence-corrected chi connectivity index (χ4v) is 3.87. The summed E-state index contributed by atoms with van der Waals surface area (Å²) in [4.78, 5) is 2.68. The second-order valence-electron chi connectivity index (χ2n) is 7.21. The third-order valence-corrected chi connectivity index (χ3v) is 5.23. The van der Waals surface area contributed by atoms with Crippen LogP contribution in [0.2, 0.25) is 0 Å². The Balaban J connectivity index is 1.86. The molecule has 1 aliphatic carbocycles. The molecule has 104 valence electrons. The summed E-state index contributed by atoms with van der Waals surface area (Å²) in [5.41, 5.74) is 9.94. The van der Waals surface area contributed by atoms with Gasteiger partial charge in [-0.1, -0.05) is 38.1 Å². The van der Waals surface area contributed by atoms with Gasteiger partial charge in [-0.25, -0.2) is 0 Å². The lowest BCUT2D eigenvalue weighted by Gasteiger charge is -2.45. The number of nitrogens with zero attached hydrogens (tertiary/aromatic N) is 1. The van der Waals surface area contributed by atoms with Gasteiger partial charge in [0, 0.05) is 18.6 Å². The van der Waals surface area contributed by atoms with E-state index in [1.807, 2.05) is 0 Å². The number of fused-ring (bicyclic) bond motifs is 1. The molecule has 1 atom stereocenters. The van der Waals surface area contributed by atoms with Gasteiger partial charge in [-0.3, -0.25) is 4.90 Å². The Morgan fingerprint density at radius 3 is 2.53 bits per heavy atom. The van der Waals surface area contributed by atoms with Crippen molar-refractivity contribution in [2.75, 3.05) is 19.6 Å². The van der Waals surface area contributed by atoms with Gasteiger partial charge >= 0.3 is 0 Å². The summed E-state index contributed by atoms with van der Waals surface area (Å²) in [6, 6.07) is 8.90. The van der Waals surface area contributed by atoms with Gasteiger partial charge in [0.2, 0.25) is 0 Å². The van der Waals surface area contributed by atoms with Crippen molar-refractivity contribution < 1.29 is 0 Å². The van der Waals surface area contributed by atoms with Crippen molar-refractivity contribution >= 4 is 0 Å². The van der Waals surface area contributed by atoms with Crippen LogP contribution >= 0.6 is 0 Å². The normalized spacial score (nSPS) is 30.3. The Morgan fingerprint density at radius 2 is 1.89 bits per heavy atom. The maximum absolute atomic E-state index is 6.22. The van der Waals surface area contributed by atoms with Crippen LogP contribution in [0, 0.1) is 5.41 Å². The number of rotatable bonds is 2. The first-order valence-corrected chi connectivity index (χ1v) is 7.57. The van der Waals surface area contributed by atoms with E-state index in [1.165, 1.54) is 43.5 Å². The van der Waals surface area contributed by atoms with Gasteiger partial charge in [0.05, 0.1) is 0 Å². The summed E-state index contributed by atoms with van der Waals surface area (Å²) in [5.74, 6) is 0. The van der Waals surface area contributed by atoms with Gasteiger partial charge < -0.3 is 5.73 Å². The fourth-order valence-electron chi connectivity index (χ4n) is 3.87. The smallest absolute Gasteiger partial charge is 0.0375 e. The second kappa shape index (κ2) is 4.60. The molecule has 0 bridgehead atoms. The van der Waals surface area contributed by atoms with Gasteiger partial charge in [0.15, 0.2) is 0 Å². The molecule has 1 aromatic carbocycles. The van der Waals surface area contributed by atoms with E-state index < -0.39 is 0 Å². The minimum absolute atomic E-state index is 0.210. The molecule has 1 unspecified atom stereocenters. The summed E-state index contributed by atoms with van der Waals surface area (Å²) in [5, 5.41) is 0. The van der Waals surface area contributed by atoms with Crippen LogP contribution in [0.3, 0.4) is 0 Å². The molecule has 2 N–H and O–H groups in total. The van der Waals surface area contributed by atoms with Crippen molar-refractivity contribution in [3.63, 3.8) is 0 Å². The lowest BCUT2D eigenvalue weighted by molar-refractivity contribution is 0.0952. The molecule has 0 aromatic heterocycles. The second-order valence-corrected chi connectivity index (χ2v) is 7.21. The number of benzene rings is 1. The topological polar surface area (TPSA) is 29.3 Å². The highest BCUT2D eigenvalue weighted by molar-refractivity contribution is 5.32.